The Bertz CT molecular complexity index is 904. The second kappa shape index (κ2) is 8.98. The highest BCUT2D eigenvalue weighted by Crippen LogP contribution is 2.18. The van der Waals surface area contributed by atoms with E-state index in [1.54, 1.807) is 11.8 Å². The zero-order valence-electron chi connectivity index (χ0n) is 16.1. The third kappa shape index (κ3) is 4.85. The lowest BCUT2D eigenvalue weighted by molar-refractivity contribution is -0.123. The molecule has 1 amide bonds. The molecule has 146 valence electrons. The van der Waals surface area contributed by atoms with Gasteiger partial charge in [0.2, 0.25) is 0 Å². The predicted octanol–water partition coefficient (Wildman–Crippen LogP) is 2.49. The summed E-state index contributed by atoms with van der Waals surface area (Å²) >= 11 is 0. The van der Waals surface area contributed by atoms with Gasteiger partial charge < -0.3 is 14.8 Å². The lowest BCUT2D eigenvalue weighted by Gasteiger charge is -2.10. The Kier molecular flexibility index (Phi) is 6.21. The number of rotatable bonds is 8. The minimum absolute atomic E-state index is 0.0782. The quantitative estimate of drug-likeness (QED) is 0.645. The lowest BCUT2D eigenvalue weighted by atomic mass is 10.0. The van der Waals surface area contributed by atoms with Gasteiger partial charge in [-0.1, -0.05) is 26.0 Å². The van der Waals surface area contributed by atoms with Gasteiger partial charge in [-0.25, -0.2) is 0 Å². The Labute approximate surface area is 163 Å². The number of hydrogen-bond acceptors (Lipinski definition) is 6. The molecule has 0 aliphatic rings. The molecule has 0 saturated carbocycles. The van der Waals surface area contributed by atoms with Crippen LogP contribution in [0.3, 0.4) is 0 Å². The number of carbonyl (C=O) groups excluding carboxylic acids is 1. The minimum atomic E-state index is -0.253. The molecule has 0 radical (unpaired) electrons. The van der Waals surface area contributed by atoms with Gasteiger partial charge in [0, 0.05) is 0 Å². The molecule has 0 atom stereocenters. The summed E-state index contributed by atoms with van der Waals surface area (Å²) < 4.78 is 12.2. The fourth-order valence-electron chi connectivity index (χ4n) is 2.57. The number of methoxy groups -OCH3 is 1. The van der Waals surface area contributed by atoms with Crippen LogP contribution >= 0.6 is 0 Å². The number of nitrogens with zero attached hydrogens (tertiary/aromatic N) is 4. The summed E-state index contributed by atoms with van der Waals surface area (Å²) in [6, 6.07) is 15.0. The molecule has 0 aliphatic carbocycles. The Balaban J connectivity index is 1.53. The Hall–Kier alpha value is -3.42. The third-order valence-corrected chi connectivity index (χ3v) is 4.21. The van der Waals surface area contributed by atoms with E-state index in [1.165, 1.54) is 5.56 Å². The average Bonchev–Trinajstić information content (AvgIpc) is 3.19. The van der Waals surface area contributed by atoms with Gasteiger partial charge in [0.15, 0.2) is 12.4 Å². The second-order valence-electron chi connectivity index (χ2n) is 6.49. The molecule has 1 N–H and O–H groups in total. The number of aromatic nitrogens is 4. The van der Waals surface area contributed by atoms with Crippen LogP contribution in [-0.2, 0) is 11.3 Å². The maximum Gasteiger partial charge on any atom is 0.258 e. The van der Waals surface area contributed by atoms with Crippen LogP contribution in [-0.4, -0.2) is 39.8 Å². The summed E-state index contributed by atoms with van der Waals surface area (Å²) in [4.78, 5) is 12.1. The highest BCUT2D eigenvalue weighted by atomic mass is 16.5. The molecule has 0 spiro atoms. The van der Waals surface area contributed by atoms with Gasteiger partial charge >= 0.3 is 0 Å². The van der Waals surface area contributed by atoms with E-state index in [0.29, 0.717) is 17.5 Å². The summed E-state index contributed by atoms with van der Waals surface area (Å²) in [5.74, 6) is 2.11. The highest BCUT2D eigenvalue weighted by Gasteiger charge is 2.11. The van der Waals surface area contributed by atoms with E-state index in [9.17, 15) is 4.79 Å². The number of ether oxygens (including phenoxy) is 2. The summed E-state index contributed by atoms with van der Waals surface area (Å²) in [6.45, 7) is 4.37. The number of carbonyl (C=O) groups is 1. The second-order valence-corrected chi connectivity index (χ2v) is 6.49. The maximum absolute atomic E-state index is 12.1. The Morgan fingerprint density at radius 2 is 1.75 bits per heavy atom. The van der Waals surface area contributed by atoms with E-state index in [1.807, 2.05) is 48.5 Å². The number of amides is 1. The first-order valence-corrected chi connectivity index (χ1v) is 8.98. The fourth-order valence-corrected chi connectivity index (χ4v) is 2.57. The van der Waals surface area contributed by atoms with Crippen molar-refractivity contribution in [1.29, 1.82) is 0 Å². The normalized spacial score (nSPS) is 10.7. The van der Waals surface area contributed by atoms with E-state index in [0.717, 1.165) is 11.4 Å². The molecule has 8 heteroatoms. The summed E-state index contributed by atoms with van der Waals surface area (Å²) in [5.41, 5.74) is 2.00. The van der Waals surface area contributed by atoms with Crippen molar-refractivity contribution in [1.82, 2.24) is 25.5 Å². The molecule has 0 saturated heterocycles. The van der Waals surface area contributed by atoms with Crippen molar-refractivity contribution in [2.45, 2.75) is 26.3 Å². The number of tetrazole rings is 1. The van der Waals surface area contributed by atoms with Crippen molar-refractivity contribution in [3.63, 3.8) is 0 Å². The highest BCUT2D eigenvalue weighted by molar-refractivity contribution is 5.77. The van der Waals surface area contributed by atoms with Gasteiger partial charge in [0.25, 0.3) is 5.91 Å². The largest absolute Gasteiger partial charge is 0.497 e. The van der Waals surface area contributed by atoms with Crippen molar-refractivity contribution >= 4 is 5.91 Å². The van der Waals surface area contributed by atoms with Gasteiger partial charge in [-0.2, -0.15) is 4.68 Å². The molecule has 0 aliphatic heterocycles. The van der Waals surface area contributed by atoms with Crippen molar-refractivity contribution < 1.29 is 14.3 Å². The van der Waals surface area contributed by atoms with E-state index >= 15 is 0 Å². The molecule has 3 aromatic rings. The van der Waals surface area contributed by atoms with Gasteiger partial charge in [-0.05, 0) is 58.3 Å². The first-order chi connectivity index (χ1) is 13.6. The zero-order chi connectivity index (χ0) is 19.9. The Morgan fingerprint density at radius 1 is 1.07 bits per heavy atom. The summed E-state index contributed by atoms with van der Waals surface area (Å²) in [6.07, 6.45) is 0. The molecule has 28 heavy (non-hydrogen) atoms. The van der Waals surface area contributed by atoms with Crippen molar-refractivity contribution in [3.05, 3.63) is 59.9 Å². The molecule has 0 bridgehead atoms. The SMILES string of the molecule is COc1ccc(-n2nnnc2CNC(=O)COc2ccc(C(C)C)cc2)cc1. The van der Waals surface area contributed by atoms with Gasteiger partial charge in [0.05, 0.1) is 19.3 Å². The fraction of sp³-hybridized carbons (Fsp3) is 0.300. The van der Waals surface area contributed by atoms with E-state index in [-0.39, 0.29) is 19.1 Å². The van der Waals surface area contributed by atoms with Crippen LogP contribution in [0.1, 0.15) is 31.2 Å². The number of nitrogens with one attached hydrogen (secondary N) is 1. The van der Waals surface area contributed by atoms with Crippen LogP contribution in [0, 0.1) is 0 Å². The van der Waals surface area contributed by atoms with Gasteiger partial charge in [-0.3, -0.25) is 4.79 Å². The van der Waals surface area contributed by atoms with Crippen LogP contribution in [0.4, 0.5) is 0 Å². The molecule has 1 aromatic heterocycles. The predicted molar refractivity (Wildman–Crippen MR) is 104 cm³/mol. The summed E-state index contributed by atoms with van der Waals surface area (Å²) in [7, 11) is 1.60. The Morgan fingerprint density at radius 3 is 2.39 bits per heavy atom. The molecule has 0 unspecified atom stereocenters. The molecule has 2 aromatic carbocycles. The topological polar surface area (TPSA) is 91.2 Å². The summed E-state index contributed by atoms with van der Waals surface area (Å²) in [5, 5.41) is 14.4. The molecular weight excluding hydrogens is 358 g/mol. The van der Waals surface area contributed by atoms with E-state index < -0.39 is 0 Å². The number of benzene rings is 2. The molecule has 0 fully saturated rings. The smallest absolute Gasteiger partial charge is 0.258 e. The van der Waals surface area contributed by atoms with Crippen LogP contribution in [0.25, 0.3) is 5.69 Å². The van der Waals surface area contributed by atoms with Crippen LogP contribution in [0.2, 0.25) is 0 Å². The van der Waals surface area contributed by atoms with Crippen molar-refractivity contribution in [2.24, 2.45) is 0 Å². The molecule has 1 heterocycles. The lowest BCUT2D eigenvalue weighted by Crippen LogP contribution is -2.29. The van der Waals surface area contributed by atoms with Crippen LogP contribution in [0.5, 0.6) is 11.5 Å². The van der Waals surface area contributed by atoms with Crippen molar-refractivity contribution in [2.75, 3.05) is 13.7 Å². The van der Waals surface area contributed by atoms with Gasteiger partial charge in [-0.15, -0.1) is 5.10 Å². The van der Waals surface area contributed by atoms with E-state index in [4.69, 9.17) is 9.47 Å². The monoisotopic (exact) mass is 381 g/mol. The van der Waals surface area contributed by atoms with Crippen LogP contribution < -0.4 is 14.8 Å². The van der Waals surface area contributed by atoms with Crippen LogP contribution in [0.15, 0.2) is 48.5 Å². The average molecular weight is 381 g/mol. The van der Waals surface area contributed by atoms with E-state index in [2.05, 4.69) is 34.7 Å². The molecule has 8 nitrogen and oxygen atoms in total. The first kappa shape index (κ1) is 19.3. The molecular formula is C20H23N5O3. The third-order valence-electron chi connectivity index (χ3n) is 4.21. The maximum atomic E-state index is 12.1. The zero-order valence-corrected chi connectivity index (χ0v) is 16.1. The standard InChI is InChI=1S/C20H23N5O3/c1-14(2)15-4-8-18(9-5-15)28-13-20(26)21-12-19-22-23-24-25(19)16-6-10-17(27-3)11-7-16/h4-11,14H,12-13H2,1-3H3,(H,21,26). The first-order valence-electron chi connectivity index (χ1n) is 8.98. The van der Waals surface area contributed by atoms with Crippen molar-refractivity contribution in [3.8, 4) is 17.2 Å². The van der Waals surface area contributed by atoms with Gasteiger partial charge in [0.1, 0.15) is 11.5 Å². The molecule has 3 rings (SSSR count). The minimum Gasteiger partial charge on any atom is -0.497 e. The number of hydrogen-bond donors (Lipinski definition) is 1.